The highest BCUT2D eigenvalue weighted by atomic mass is 19.1. The van der Waals surface area contributed by atoms with Crippen molar-refractivity contribution in [1.82, 2.24) is 4.90 Å². The zero-order valence-corrected chi connectivity index (χ0v) is 11.8. The average molecular weight is 285 g/mol. The topological polar surface area (TPSA) is 57.6 Å². The molecule has 0 aliphatic heterocycles. The van der Waals surface area contributed by atoms with Gasteiger partial charge in [-0.3, -0.25) is 9.69 Å². The van der Waals surface area contributed by atoms with Crippen molar-refractivity contribution in [2.24, 2.45) is 0 Å². The lowest BCUT2D eigenvalue weighted by Gasteiger charge is -2.37. The minimum absolute atomic E-state index is 0.712. The molecule has 1 aromatic rings. The predicted molar refractivity (Wildman–Crippen MR) is 69.8 cm³/mol. The highest BCUT2D eigenvalue weighted by Gasteiger charge is 2.36. The molecule has 1 atom stereocenters. The number of carboxylic acid groups (broad SMARTS) is 1. The van der Waals surface area contributed by atoms with E-state index in [1.54, 1.807) is 20.8 Å². The van der Waals surface area contributed by atoms with Gasteiger partial charge in [-0.1, -0.05) is 6.07 Å². The van der Waals surface area contributed by atoms with Gasteiger partial charge in [-0.05, 0) is 39.8 Å². The van der Waals surface area contributed by atoms with Crippen LogP contribution in [0.25, 0.3) is 0 Å². The molecule has 0 aliphatic carbocycles. The molecule has 1 aromatic carbocycles. The summed E-state index contributed by atoms with van der Waals surface area (Å²) >= 11 is 0. The van der Waals surface area contributed by atoms with Crippen molar-refractivity contribution in [3.63, 3.8) is 0 Å². The van der Waals surface area contributed by atoms with Gasteiger partial charge in [0.05, 0.1) is 11.6 Å². The van der Waals surface area contributed by atoms with Gasteiger partial charge in [-0.25, -0.2) is 13.6 Å². The zero-order valence-electron chi connectivity index (χ0n) is 11.8. The van der Waals surface area contributed by atoms with E-state index in [1.807, 2.05) is 0 Å². The number of ketones is 1. The second kappa shape index (κ2) is 5.56. The van der Waals surface area contributed by atoms with Gasteiger partial charge >= 0.3 is 6.09 Å². The number of nitrogens with zero attached hydrogens (tertiary/aromatic N) is 1. The fourth-order valence-corrected chi connectivity index (χ4v) is 2.09. The maximum atomic E-state index is 13.6. The fraction of sp³-hybridized carbons (Fsp3) is 0.429. The standard InChI is InChI=1S/C14H17F2NO3/c1-8(17(13(19)20)14(2,3)4)12(18)11-9(15)6-5-7-10(11)16/h5-8H,1-4H3,(H,19,20). The summed E-state index contributed by atoms with van der Waals surface area (Å²) in [7, 11) is 0. The van der Waals surface area contributed by atoms with Gasteiger partial charge in [-0.15, -0.1) is 0 Å². The highest BCUT2D eigenvalue weighted by Crippen LogP contribution is 2.22. The first-order valence-corrected chi connectivity index (χ1v) is 6.08. The molecular weight excluding hydrogens is 268 g/mol. The predicted octanol–water partition coefficient (Wildman–Crippen LogP) is 3.31. The van der Waals surface area contributed by atoms with Crippen LogP contribution in [0.5, 0.6) is 0 Å². The van der Waals surface area contributed by atoms with Gasteiger partial charge in [-0.2, -0.15) is 0 Å². The van der Waals surface area contributed by atoms with E-state index in [4.69, 9.17) is 0 Å². The maximum absolute atomic E-state index is 13.6. The van der Waals surface area contributed by atoms with Crippen LogP contribution >= 0.6 is 0 Å². The molecule has 4 nitrogen and oxygen atoms in total. The SMILES string of the molecule is CC(C(=O)c1c(F)cccc1F)N(C(=O)O)C(C)(C)C. The number of carbonyl (C=O) groups is 2. The van der Waals surface area contributed by atoms with E-state index in [2.05, 4.69) is 0 Å². The molecule has 0 aromatic heterocycles. The summed E-state index contributed by atoms with van der Waals surface area (Å²) in [6.07, 6.45) is -1.32. The van der Waals surface area contributed by atoms with Crippen molar-refractivity contribution in [2.75, 3.05) is 0 Å². The zero-order chi connectivity index (χ0) is 15.7. The molecule has 0 spiro atoms. The molecule has 1 rings (SSSR count). The minimum atomic E-state index is -1.32. The van der Waals surface area contributed by atoms with E-state index >= 15 is 0 Å². The summed E-state index contributed by atoms with van der Waals surface area (Å²) in [5.74, 6) is -2.90. The molecule has 0 radical (unpaired) electrons. The third-order valence-electron chi connectivity index (χ3n) is 2.90. The molecular formula is C14H17F2NO3. The van der Waals surface area contributed by atoms with E-state index in [-0.39, 0.29) is 0 Å². The lowest BCUT2D eigenvalue weighted by Crippen LogP contribution is -2.53. The summed E-state index contributed by atoms with van der Waals surface area (Å²) < 4.78 is 27.2. The molecule has 0 saturated carbocycles. The van der Waals surface area contributed by atoms with E-state index < -0.39 is 40.7 Å². The number of rotatable bonds is 3. The van der Waals surface area contributed by atoms with Gasteiger partial charge in [0, 0.05) is 5.54 Å². The summed E-state index contributed by atoms with van der Waals surface area (Å²) in [5.41, 5.74) is -1.58. The van der Waals surface area contributed by atoms with Crippen LogP contribution in [0.4, 0.5) is 13.6 Å². The number of Topliss-reactive ketones (excluding diaryl/α,β-unsaturated/α-hetero) is 1. The lowest BCUT2D eigenvalue weighted by atomic mass is 9.98. The number of amides is 1. The quantitative estimate of drug-likeness (QED) is 0.867. The molecule has 20 heavy (non-hydrogen) atoms. The monoisotopic (exact) mass is 285 g/mol. The summed E-state index contributed by atoms with van der Waals surface area (Å²) in [6.45, 7) is 6.11. The van der Waals surface area contributed by atoms with Crippen LogP contribution in [0.15, 0.2) is 18.2 Å². The molecule has 1 amide bonds. The van der Waals surface area contributed by atoms with Gasteiger partial charge in [0.1, 0.15) is 11.6 Å². The molecule has 0 fully saturated rings. The minimum Gasteiger partial charge on any atom is -0.465 e. The molecule has 0 aliphatic rings. The Labute approximate surface area is 116 Å². The first kappa shape index (κ1) is 16.1. The van der Waals surface area contributed by atoms with Crippen molar-refractivity contribution >= 4 is 11.9 Å². The van der Waals surface area contributed by atoms with Crippen LogP contribution < -0.4 is 0 Å². The van der Waals surface area contributed by atoms with Gasteiger partial charge in [0.2, 0.25) is 0 Å². The highest BCUT2D eigenvalue weighted by molar-refractivity contribution is 6.01. The smallest absolute Gasteiger partial charge is 0.408 e. The number of carbonyl (C=O) groups excluding carboxylic acids is 1. The van der Waals surface area contributed by atoms with Gasteiger partial charge in [0.25, 0.3) is 0 Å². The number of halogens is 2. The largest absolute Gasteiger partial charge is 0.465 e. The lowest BCUT2D eigenvalue weighted by molar-refractivity contribution is 0.0582. The second-order valence-electron chi connectivity index (χ2n) is 5.46. The molecule has 110 valence electrons. The van der Waals surface area contributed by atoms with Crippen molar-refractivity contribution in [1.29, 1.82) is 0 Å². The van der Waals surface area contributed by atoms with Crippen molar-refractivity contribution in [3.8, 4) is 0 Å². The number of benzene rings is 1. The Morgan fingerprint density at radius 3 is 2.00 bits per heavy atom. The molecule has 0 bridgehead atoms. The molecule has 1 N–H and O–H groups in total. The Morgan fingerprint density at radius 1 is 1.20 bits per heavy atom. The second-order valence-corrected chi connectivity index (χ2v) is 5.46. The number of hydrogen-bond donors (Lipinski definition) is 1. The van der Waals surface area contributed by atoms with E-state index in [1.165, 1.54) is 6.92 Å². The Bertz CT molecular complexity index is 517. The Balaban J connectivity index is 3.23. The maximum Gasteiger partial charge on any atom is 0.408 e. The third-order valence-corrected chi connectivity index (χ3v) is 2.90. The van der Waals surface area contributed by atoms with Crippen molar-refractivity contribution in [2.45, 2.75) is 39.3 Å². The van der Waals surface area contributed by atoms with Crippen LogP contribution in [0.2, 0.25) is 0 Å². The van der Waals surface area contributed by atoms with Crippen LogP contribution in [0, 0.1) is 11.6 Å². The van der Waals surface area contributed by atoms with Crippen molar-refractivity contribution in [3.05, 3.63) is 35.4 Å². The Kier molecular flexibility index (Phi) is 4.47. The third kappa shape index (κ3) is 3.12. The fourth-order valence-electron chi connectivity index (χ4n) is 2.09. The van der Waals surface area contributed by atoms with Crippen LogP contribution in [-0.4, -0.2) is 33.5 Å². The van der Waals surface area contributed by atoms with Gasteiger partial charge < -0.3 is 5.11 Å². The molecule has 0 heterocycles. The summed E-state index contributed by atoms with van der Waals surface area (Å²) in [4.78, 5) is 24.3. The first-order chi connectivity index (χ1) is 9.07. The van der Waals surface area contributed by atoms with Gasteiger partial charge in [0.15, 0.2) is 5.78 Å². The van der Waals surface area contributed by atoms with Crippen LogP contribution in [0.1, 0.15) is 38.1 Å². The normalized spacial score (nSPS) is 12.9. The van der Waals surface area contributed by atoms with Crippen LogP contribution in [0.3, 0.4) is 0 Å². The molecule has 0 saturated heterocycles. The van der Waals surface area contributed by atoms with E-state index in [0.29, 0.717) is 0 Å². The average Bonchev–Trinajstić information content (AvgIpc) is 2.25. The number of hydrogen-bond acceptors (Lipinski definition) is 2. The van der Waals surface area contributed by atoms with Crippen LogP contribution in [-0.2, 0) is 0 Å². The Morgan fingerprint density at radius 2 is 1.65 bits per heavy atom. The summed E-state index contributed by atoms with van der Waals surface area (Å²) in [6, 6.07) is 1.88. The first-order valence-electron chi connectivity index (χ1n) is 6.08. The molecule has 1 unspecified atom stereocenters. The Hall–Kier alpha value is -1.98. The van der Waals surface area contributed by atoms with E-state index in [0.717, 1.165) is 23.1 Å². The summed E-state index contributed by atoms with van der Waals surface area (Å²) in [5, 5.41) is 9.20. The van der Waals surface area contributed by atoms with E-state index in [9.17, 15) is 23.5 Å². The van der Waals surface area contributed by atoms with Crippen molar-refractivity contribution < 1.29 is 23.5 Å². The molecule has 6 heteroatoms.